The maximum atomic E-state index is 11.7. The summed E-state index contributed by atoms with van der Waals surface area (Å²) in [4.78, 5) is 13.6. The van der Waals surface area contributed by atoms with Crippen LogP contribution in [0.1, 0.15) is 24.0 Å². The molecule has 0 spiro atoms. The fourth-order valence-corrected chi connectivity index (χ4v) is 2.86. The van der Waals surface area contributed by atoms with E-state index in [1.54, 1.807) is 0 Å². The Morgan fingerprint density at radius 2 is 1.81 bits per heavy atom. The van der Waals surface area contributed by atoms with Crippen molar-refractivity contribution in [3.63, 3.8) is 0 Å². The zero-order valence-corrected chi connectivity index (χ0v) is 12.1. The third-order valence-corrected chi connectivity index (χ3v) is 4.05. The third-order valence-electron chi connectivity index (χ3n) is 4.05. The van der Waals surface area contributed by atoms with Crippen LogP contribution in [0.5, 0.6) is 0 Å². The first-order valence-corrected chi connectivity index (χ1v) is 7.43. The van der Waals surface area contributed by atoms with Gasteiger partial charge in [-0.1, -0.05) is 48.5 Å². The van der Waals surface area contributed by atoms with Gasteiger partial charge in [0.1, 0.15) is 0 Å². The van der Waals surface area contributed by atoms with Gasteiger partial charge in [0, 0.05) is 26.1 Å². The smallest absolute Gasteiger partial charge is 0.222 e. The maximum Gasteiger partial charge on any atom is 0.222 e. The molecule has 0 bridgehead atoms. The zero-order chi connectivity index (χ0) is 14.7. The van der Waals surface area contributed by atoms with Gasteiger partial charge in [-0.25, -0.2) is 0 Å². The molecule has 2 aromatic rings. The monoisotopic (exact) mass is 280 g/mol. The summed E-state index contributed by atoms with van der Waals surface area (Å²) in [6, 6.07) is 16.6. The molecule has 1 fully saturated rings. The molecule has 1 amide bonds. The molecule has 2 aromatic carbocycles. The van der Waals surface area contributed by atoms with E-state index >= 15 is 0 Å². The highest BCUT2D eigenvalue weighted by molar-refractivity contribution is 5.78. The van der Waals surface area contributed by atoms with Gasteiger partial charge in [0.2, 0.25) is 5.91 Å². The maximum absolute atomic E-state index is 11.7. The highest BCUT2D eigenvalue weighted by Crippen LogP contribution is 2.24. The molecule has 1 aliphatic rings. The highest BCUT2D eigenvalue weighted by atomic mass is 16.2. The van der Waals surface area contributed by atoms with Crippen LogP contribution in [0.15, 0.2) is 48.5 Å². The number of nitrogens with two attached hydrogens (primary N) is 1. The van der Waals surface area contributed by atoms with Crippen LogP contribution in [0, 0.1) is 0 Å². The summed E-state index contributed by atoms with van der Waals surface area (Å²) in [5.41, 5.74) is 10.5. The molecule has 3 rings (SSSR count). The number of carbonyl (C=O) groups is 1. The van der Waals surface area contributed by atoms with E-state index in [2.05, 4.69) is 36.4 Å². The lowest BCUT2D eigenvalue weighted by molar-refractivity contribution is -0.128. The number of likely N-dealkylation sites (tertiary alicyclic amines) is 1. The molecule has 0 aromatic heterocycles. The van der Waals surface area contributed by atoms with Crippen LogP contribution in [0.4, 0.5) is 0 Å². The van der Waals surface area contributed by atoms with Gasteiger partial charge in [0.25, 0.3) is 0 Å². The fourth-order valence-electron chi connectivity index (χ4n) is 2.86. The summed E-state index contributed by atoms with van der Waals surface area (Å²) < 4.78 is 0. The summed E-state index contributed by atoms with van der Waals surface area (Å²) in [7, 11) is 0. The topological polar surface area (TPSA) is 46.3 Å². The van der Waals surface area contributed by atoms with Crippen LogP contribution in [-0.4, -0.2) is 17.4 Å². The van der Waals surface area contributed by atoms with Gasteiger partial charge < -0.3 is 10.6 Å². The van der Waals surface area contributed by atoms with Crippen LogP contribution < -0.4 is 5.73 Å². The minimum Gasteiger partial charge on any atom is -0.338 e. The predicted molar refractivity (Wildman–Crippen MR) is 84.4 cm³/mol. The van der Waals surface area contributed by atoms with Gasteiger partial charge in [0.15, 0.2) is 0 Å². The van der Waals surface area contributed by atoms with Gasteiger partial charge in [-0.05, 0) is 28.7 Å². The van der Waals surface area contributed by atoms with E-state index in [-0.39, 0.29) is 5.91 Å². The Balaban J connectivity index is 1.79. The summed E-state index contributed by atoms with van der Waals surface area (Å²) in [5.74, 6) is 0.271. The molecule has 0 aliphatic carbocycles. The number of benzene rings is 2. The molecule has 0 radical (unpaired) electrons. The molecule has 3 heteroatoms. The van der Waals surface area contributed by atoms with E-state index in [9.17, 15) is 4.79 Å². The largest absolute Gasteiger partial charge is 0.338 e. The summed E-state index contributed by atoms with van der Waals surface area (Å²) in [6.45, 7) is 2.15. The Bertz CT molecular complexity index is 634. The Morgan fingerprint density at radius 1 is 1.05 bits per heavy atom. The van der Waals surface area contributed by atoms with Crippen molar-refractivity contribution >= 4 is 5.91 Å². The summed E-state index contributed by atoms with van der Waals surface area (Å²) in [6.07, 6.45) is 1.68. The lowest BCUT2D eigenvalue weighted by Gasteiger charge is -2.16. The molecule has 2 N–H and O–H groups in total. The molecular weight excluding hydrogens is 260 g/mol. The van der Waals surface area contributed by atoms with Crippen LogP contribution in [0.25, 0.3) is 11.1 Å². The van der Waals surface area contributed by atoms with Crippen molar-refractivity contribution in [2.45, 2.75) is 25.9 Å². The molecule has 21 heavy (non-hydrogen) atoms. The van der Waals surface area contributed by atoms with Crippen molar-refractivity contribution < 1.29 is 4.79 Å². The van der Waals surface area contributed by atoms with E-state index in [1.807, 2.05) is 17.0 Å². The van der Waals surface area contributed by atoms with Crippen molar-refractivity contribution in [2.24, 2.45) is 5.73 Å². The first kappa shape index (κ1) is 13.8. The van der Waals surface area contributed by atoms with Crippen molar-refractivity contribution in [1.82, 2.24) is 4.90 Å². The molecule has 0 atom stereocenters. The third kappa shape index (κ3) is 2.98. The fraction of sp³-hybridized carbons (Fsp3) is 0.278. The van der Waals surface area contributed by atoms with Gasteiger partial charge in [-0.2, -0.15) is 0 Å². The second-order valence-corrected chi connectivity index (χ2v) is 5.48. The van der Waals surface area contributed by atoms with Gasteiger partial charge in [-0.15, -0.1) is 0 Å². The molecule has 0 unspecified atom stereocenters. The standard InChI is InChI=1S/C18H20N2O/c19-12-16-4-1-2-5-17(16)15-9-7-14(8-10-15)13-20-11-3-6-18(20)21/h1-2,4-5,7-10H,3,6,11-13,19H2. The van der Waals surface area contributed by atoms with Crippen LogP contribution in [0.3, 0.4) is 0 Å². The van der Waals surface area contributed by atoms with E-state index in [4.69, 9.17) is 5.73 Å². The number of rotatable bonds is 4. The van der Waals surface area contributed by atoms with E-state index in [0.717, 1.165) is 25.1 Å². The number of amides is 1. The van der Waals surface area contributed by atoms with Crippen LogP contribution in [-0.2, 0) is 17.9 Å². The molecule has 3 nitrogen and oxygen atoms in total. The molecule has 0 saturated carbocycles. The Morgan fingerprint density at radius 3 is 2.48 bits per heavy atom. The SMILES string of the molecule is NCc1ccccc1-c1ccc(CN2CCCC2=O)cc1. The van der Waals surface area contributed by atoms with Crippen LogP contribution >= 0.6 is 0 Å². The molecular formula is C18H20N2O. The minimum atomic E-state index is 0.271. The van der Waals surface area contributed by atoms with Gasteiger partial charge >= 0.3 is 0 Å². The second-order valence-electron chi connectivity index (χ2n) is 5.48. The lowest BCUT2D eigenvalue weighted by Crippen LogP contribution is -2.23. The average Bonchev–Trinajstić information content (AvgIpc) is 2.93. The average molecular weight is 280 g/mol. The minimum absolute atomic E-state index is 0.271. The van der Waals surface area contributed by atoms with Gasteiger partial charge in [-0.3, -0.25) is 4.79 Å². The first-order chi connectivity index (χ1) is 10.3. The predicted octanol–water partition coefficient (Wildman–Crippen LogP) is 2.93. The normalized spacial score (nSPS) is 14.7. The quantitative estimate of drug-likeness (QED) is 0.936. The second kappa shape index (κ2) is 6.10. The van der Waals surface area contributed by atoms with Gasteiger partial charge in [0.05, 0.1) is 0 Å². The highest BCUT2D eigenvalue weighted by Gasteiger charge is 2.19. The van der Waals surface area contributed by atoms with E-state index in [1.165, 1.54) is 16.7 Å². The van der Waals surface area contributed by atoms with Crippen molar-refractivity contribution in [2.75, 3.05) is 6.54 Å². The zero-order valence-electron chi connectivity index (χ0n) is 12.1. The van der Waals surface area contributed by atoms with Crippen molar-refractivity contribution in [3.05, 3.63) is 59.7 Å². The molecule has 108 valence electrons. The van der Waals surface area contributed by atoms with Crippen molar-refractivity contribution in [1.29, 1.82) is 0 Å². The van der Waals surface area contributed by atoms with Crippen LogP contribution in [0.2, 0.25) is 0 Å². The van der Waals surface area contributed by atoms with E-state index < -0.39 is 0 Å². The molecule has 1 heterocycles. The number of hydrogen-bond donors (Lipinski definition) is 1. The number of carbonyl (C=O) groups excluding carboxylic acids is 1. The van der Waals surface area contributed by atoms with E-state index in [0.29, 0.717) is 13.0 Å². The number of hydrogen-bond acceptors (Lipinski definition) is 2. The van der Waals surface area contributed by atoms with Crippen molar-refractivity contribution in [3.8, 4) is 11.1 Å². The molecule has 1 saturated heterocycles. The number of nitrogens with zero attached hydrogens (tertiary/aromatic N) is 1. The Hall–Kier alpha value is -2.13. The first-order valence-electron chi connectivity index (χ1n) is 7.43. The Kier molecular flexibility index (Phi) is 4.02. The lowest BCUT2D eigenvalue weighted by atomic mass is 9.98. The summed E-state index contributed by atoms with van der Waals surface area (Å²) >= 11 is 0. The summed E-state index contributed by atoms with van der Waals surface area (Å²) in [5, 5.41) is 0. The molecule has 1 aliphatic heterocycles. The Labute approximate surface area is 125 Å².